The van der Waals surface area contributed by atoms with Gasteiger partial charge in [-0.15, -0.1) is 0 Å². The van der Waals surface area contributed by atoms with Crippen molar-refractivity contribution in [3.63, 3.8) is 0 Å². The van der Waals surface area contributed by atoms with Crippen LogP contribution in [0.5, 0.6) is 5.75 Å². The van der Waals surface area contributed by atoms with Crippen molar-refractivity contribution in [2.24, 2.45) is 0 Å². The van der Waals surface area contributed by atoms with Crippen molar-refractivity contribution in [3.8, 4) is 5.75 Å². The molecule has 1 aliphatic heterocycles. The summed E-state index contributed by atoms with van der Waals surface area (Å²) in [4.78, 5) is 16.7. The van der Waals surface area contributed by atoms with Crippen LogP contribution in [-0.4, -0.2) is 73.8 Å². The molecule has 1 amide bonds. The van der Waals surface area contributed by atoms with E-state index in [1.807, 2.05) is 31.1 Å². The Morgan fingerprint density at radius 2 is 2.00 bits per heavy atom. The van der Waals surface area contributed by atoms with Crippen LogP contribution in [0.15, 0.2) is 48.5 Å². The highest BCUT2D eigenvalue weighted by atomic mass is 16.5. The smallest absolute Gasteiger partial charge is 0.251 e. The van der Waals surface area contributed by atoms with Gasteiger partial charge in [-0.3, -0.25) is 9.69 Å². The number of likely N-dealkylation sites (N-methyl/N-ethyl adjacent to an activating group) is 1. The van der Waals surface area contributed by atoms with E-state index < -0.39 is 6.10 Å². The quantitative estimate of drug-likeness (QED) is 0.675. The van der Waals surface area contributed by atoms with Gasteiger partial charge in [0.05, 0.1) is 6.10 Å². The van der Waals surface area contributed by atoms with E-state index in [0.29, 0.717) is 24.5 Å². The molecule has 1 unspecified atom stereocenters. The maximum absolute atomic E-state index is 12.4. The number of hydrogen-bond acceptors (Lipinski definition) is 5. The lowest BCUT2D eigenvalue weighted by atomic mass is 10.00. The Morgan fingerprint density at radius 3 is 2.79 bits per heavy atom. The van der Waals surface area contributed by atoms with Gasteiger partial charge in [-0.1, -0.05) is 30.3 Å². The second kappa shape index (κ2) is 10.4. The first kappa shape index (κ1) is 21.3. The van der Waals surface area contributed by atoms with E-state index in [-0.39, 0.29) is 12.5 Å². The predicted molar refractivity (Wildman–Crippen MR) is 114 cm³/mol. The summed E-state index contributed by atoms with van der Waals surface area (Å²) in [7, 11) is 3.97. The third-order valence-electron chi connectivity index (χ3n) is 5.08. The van der Waals surface area contributed by atoms with Crippen LogP contribution in [0.4, 0.5) is 0 Å². The zero-order valence-corrected chi connectivity index (χ0v) is 17.3. The predicted octanol–water partition coefficient (Wildman–Crippen LogP) is 1.78. The van der Waals surface area contributed by atoms with Crippen LogP contribution < -0.4 is 10.1 Å². The largest absolute Gasteiger partial charge is 0.492 e. The van der Waals surface area contributed by atoms with Crippen molar-refractivity contribution in [2.45, 2.75) is 19.1 Å². The first-order valence-electron chi connectivity index (χ1n) is 10.1. The molecule has 6 nitrogen and oxygen atoms in total. The molecule has 0 fully saturated rings. The fraction of sp³-hybridized carbons (Fsp3) is 0.435. The number of amides is 1. The first-order valence-corrected chi connectivity index (χ1v) is 10.1. The molecule has 0 spiro atoms. The molecule has 1 atom stereocenters. The van der Waals surface area contributed by atoms with Crippen LogP contribution in [0.2, 0.25) is 0 Å². The third kappa shape index (κ3) is 6.56. The van der Waals surface area contributed by atoms with Gasteiger partial charge in [0, 0.05) is 38.3 Å². The molecule has 0 aliphatic carbocycles. The standard InChI is InChI=1S/C23H31N3O3/c1-25(2)12-13-29-22-9-5-8-19(14-22)23(28)24-15-21(27)17-26-11-10-18-6-3-4-7-20(18)16-26/h3-9,14,21,27H,10-13,15-17H2,1-2H3,(H,24,28). The Balaban J connectivity index is 1.44. The lowest BCUT2D eigenvalue weighted by molar-refractivity contribution is 0.0841. The summed E-state index contributed by atoms with van der Waals surface area (Å²) in [6.07, 6.45) is 0.388. The number of benzene rings is 2. The molecule has 2 aromatic rings. The monoisotopic (exact) mass is 397 g/mol. The van der Waals surface area contributed by atoms with Crippen LogP contribution >= 0.6 is 0 Å². The molecule has 1 aliphatic rings. The fourth-order valence-electron chi connectivity index (χ4n) is 3.46. The number of nitrogens with zero attached hydrogens (tertiary/aromatic N) is 2. The summed E-state index contributed by atoms with van der Waals surface area (Å²) >= 11 is 0. The normalized spacial score (nSPS) is 15.0. The van der Waals surface area contributed by atoms with Crippen LogP contribution in [0, 0.1) is 0 Å². The SMILES string of the molecule is CN(C)CCOc1cccc(C(=O)NCC(O)CN2CCc3ccccc3C2)c1. The number of ether oxygens (including phenoxy) is 1. The van der Waals surface area contributed by atoms with Crippen molar-refractivity contribution < 1.29 is 14.6 Å². The van der Waals surface area contributed by atoms with Gasteiger partial charge in [0.2, 0.25) is 0 Å². The zero-order valence-electron chi connectivity index (χ0n) is 17.3. The van der Waals surface area contributed by atoms with Gasteiger partial charge in [0.15, 0.2) is 0 Å². The minimum Gasteiger partial charge on any atom is -0.492 e. The van der Waals surface area contributed by atoms with Gasteiger partial charge in [0.25, 0.3) is 5.91 Å². The van der Waals surface area contributed by atoms with E-state index in [4.69, 9.17) is 4.74 Å². The molecule has 1 heterocycles. The first-order chi connectivity index (χ1) is 14.0. The van der Waals surface area contributed by atoms with Crippen LogP contribution in [-0.2, 0) is 13.0 Å². The van der Waals surface area contributed by atoms with Crippen LogP contribution in [0.1, 0.15) is 21.5 Å². The maximum atomic E-state index is 12.4. The minimum absolute atomic E-state index is 0.203. The number of hydrogen-bond donors (Lipinski definition) is 2. The molecule has 0 saturated heterocycles. The van der Waals surface area contributed by atoms with Crippen molar-refractivity contribution in [1.82, 2.24) is 15.1 Å². The summed E-state index contributed by atoms with van der Waals surface area (Å²) in [5, 5.41) is 13.2. The highest BCUT2D eigenvalue weighted by molar-refractivity contribution is 5.94. The fourth-order valence-corrected chi connectivity index (χ4v) is 3.46. The van der Waals surface area contributed by atoms with E-state index in [9.17, 15) is 9.90 Å². The molecule has 0 bridgehead atoms. The second-order valence-corrected chi connectivity index (χ2v) is 7.80. The molecular weight excluding hydrogens is 366 g/mol. The Bertz CT molecular complexity index is 809. The van der Waals surface area contributed by atoms with Crippen molar-refractivity contribution in [3.05, 3.63) is 65.2 Å². The Labute approximate surface area is 173 Å². The topological polar surface area (TPSA) is 65.0 Å². The molecule has 0 radical (unpaired) electrons. The van der Waals surface area contributed by atoms with Crippen molar-refractivity contribution in [1.29, 1.82) is 0 Å². The molecule has 3 rings (SSSR count). The number of rotatable bonds is 9. The van der Waals surface area contributed by atoms with E-state index >= 15 is 0 Å². The van der Waals surface area contributed by atoms with E-state index in [1.165, 1.54) is 11.1 Å². The van der Waals surface area contributed by atoms with Gasteiger partial charge in [0.1, 0.15) is 12.4 Å². The molecule has 2 aromatic carbocycles. The lowest BCUT2D eigenvalue weighted by Gasteiger charge is -2.30. The average Bonchev–Trinajstić information content (AvgIpc) is 2.72. The summed E-state index contributed by atoms with van der Waals surface area (Å²) in [5.41, 5.74) is 3.24. The molecule has 0 saturated carbocycles. The maximum Gasteiger partial charge on any atom is 0.251 e. The Morgan fingerprint density at radius 1 is 1.21 bits per heavy atom. The average molecular weight is 398 g/mol. The molecule has 2 N–H and O–H groups in total. The number of nitrogens with one attached hydrogen (secondary N) is 1. The Hall–Kier alpha value is -2.41. The number of carbonyl (C=O) groups excluding carboxylic acids is 1. The Kier molecular flexibility index (Phi) is 7.63. The second-order valence-electron chi connectivity index (χ2n) is 7.80. The number of β-amino-alcohol motifs (C(OH)–C–C–N with tert-alkyl or cyclic N) is 1. The number of fused-ring (bicyclic) bond motifs is 1. The number of aliphatic hydroxyl groups is 1. The van der Waals surface area contributed by atoms with Gasteiger partial charge in [-0.25, -0.2) is 0 Å². The van der Waals surface area contributed by atoms with Gasteiger partial charge in [-0.05, 0) is 49.8 Å². The van der Waals surface area contributed by atoms with Crippen LogP contribution in [0.3, 0.4) is 0 Å². The lowest BCUT2D eigenvalue weighted by Crippen LogP contribution is -2.42. The van der Waals surface area contributed by atoms with E-state index in [2.05, 4.69) is 34.5 Å². The molecule has 0 aromatic heterocycles. The summed E-state index contributed by atoms with van der Waals surface area (Å²) < 4.78 is 5.68. The van der Waals surface area contributed by atoms with E-state index in [0.717, 1.165) is 26.1 Å². The summed E-state index contributed by atoms with van der Waals surface area (Å²) in [6, 6.07) is 15.6. The van der Waals surface area contributed by atoms with Crippen molar-refractivity contribution in [2.75, 3.05) is 46.9 Å². The molecular formula is C23H31N3O3. The minimum atomic E-state index is -0.608. The highest BCUT2D eigenvalue weighted by Crippen LogP contribution is 2.18. The third-order valence-corrected chi connectivity index (χ3v) is 5.08. The molecule has 156 valence electrons. The highest BCUT2D eigenvalue weighted by Gasteiger charge is 2.19. The summed E-state index contributed by atoms with van der Waals surface area (Å²) in [5.74, 6) is 0.470. The molecule has 6 heteroatoms. The zero-order chi connectivity index (χ0) is 20.6. The number of carbonyl (C=O) groups is 1. The molecule has 29 heavy (non-hydrogen) atoms. The van der Waals surface area contributed by atoms with Gasteiger partial charge in [-0.2, -0.15) is 0 Å². The van der Waals surface area contributed by atoms with Gasteiger partial charge >= 0.3 is 0 Å². The van der Waals surface area contributed by atoms with Crippen LogP contribution in [0.25, 0.3) is 0 Å². The van der Waals surface area contributed by atoms with Gasteiger partial charge < -0.3 is 20.1 Å². The van der Waals surface area contributed by atoms with Crippen molar-refractivity contribution >= 4 is 5.91 Å². The summed E-state index contributed by atoms with van der Waals surface area (Å²) in [6.45, 7) is 3.91. The van der Waals surface area contributed by atoms with E-state index in [1.54, 1.807) is 12.1 Å². The number of aliphatic hydroxyl groups excluding tert-OH is 1.